The average Bonchev–Trinajstić information content (AvgIpc) is 2.58. The van der Waals surface area contributed by atoms with Gasteiger partial charge in [-0.25, -0.2) is 9.97 Å². The summed E-state index contributed by atoms with van der Waals surface area (Å²) in [5, 5.41) is 4.65. The van der Waals surface area contributed by atoms with Gasteiger partial charge < -0.3 is 10.1 Å². The zero-order valence-electron chi connectivity index (χ0n) is 13.4. The van der Waals surface area contributed by atoms with E-state index in [0.717, 1.165) is 23.1 Å². The molecule has 21 heavy (non-hydrogen) atoms. The highest BCUT2D eigenvalue weighted by Gasteiger charge is 2.46. The molecule has 1 atom stereocenters. The van der Waals surface area contributed by atoms with Gasteiger partial charge in [0.2, 0.25) is 0 Å². The molecule has 1 aliphatic rings. The number of aromatic nitrogens is 2. The Kier molecular flexibility index (Phi) is 3.17. The topological polar surface area (TPSA) is 47.0 Å². The summed E-state index contributed by atoms with van der Waals surface area (Å²) in [4.78, 5) is 8.79. The second-order valence-corrected chi connectivity index (χ2v) is 7.11. The molecule has 0 spiro atoms. The van der Waals surface area contributed by atoms with E-state index in [0.29, 0.717) is 0 Å². The number of fused-ring (bicyclic) bond motifs is 1. The van der Waals surface area contributed by atoms with E-state index in [9.17, 15) is 0 Å². The number of anilines is 1. The van der Waals surface area contributed by atoms with Gasteiger partial charge in [-0.3, -0.25) is 0 Å². The molecular formula is C17H23N3O. The van der Waals surface area contributed by atoms with E-state index in [2.05, 4.69) is 62.0 Å². The van der Waals surface area contributed by atoms with Crippen LogP contribution in [0.5, 0.6) is 0 Å². The van der Waals surface area contributed by atoms with E-state index in [-0.39, 0.29) is 17.2 Å². The summed E-state index contributed by atoms with van der Waals surface area (Å²) in [5.74, 6) is 0.892. The van der Waals surface area contributed by atoms with Crippen LogP contribution in [-0.4, -0.2) is 27.2 Å². The third kappa shape index (κ3) is 2.72. The van der Waals surface area contributed by atoms with Crippen LogP contribution in [0.15, 0.2) is 24.5 Å². The fraction of sp³-hybridized carbons (Fsp3) is 0.529. The number of ether oxygens (including phenoxy) is 1. The van der Waals surface area contributed by atoms with Crippen molar-refractivity contribution in [1.82, 2.24) is 9.97 Å². The number of nitrogens with zero attached hydrogens (tertiary/aromatic N) is 2. The summed E-state index contributed by atoms with van der Waals surface area (Å²) in [6, 6.07) is 6.47. The minimum absolute atomic E-state index is 0.111. The van der Waals surface area contributed by atoms with E-state index in [1.807, 2.05) is 6.07 Å². The number of benzene rings is 1. The molecule has 1 aliphatic heterocycles. The predicted molar refractivity (Wildman–Crippen MR) is 85.5 cm³/mol. The van der Waals surface area contributed by atoms with Gasteiger partial charge in [-0.2, -0.15) is 0 Å². The fourth-order valence-corrected chi connectivity index (χ4v) is 3.24. The molecule has 4 heteroatoms. The Morgan fingerprint density at radius 1 is 1.19 bits per heavy atom. The molecule has 2 aromatic rings. The monoisotopic (exact) mass is 285 g/mol. The predicted octanol–water partition coefficient (Wildman–Crippen LogP) is 3.70. The van der Waals surface area contributed by atoms with Crippen LogP contribution in [0.25, 0.3) is 10.9 Å². The molecule has 1 N–H and O–H groups in total. The first-order valence-corrected chi connectivity index (χ1v) is 7.45. The number of hydrogen-bond acceptors (Lipinski definition) is 4. The second-order valence-electron chi connectivity index (χ2n) is 7.11. The fourth-order valence-electron chi connectivity index (χ4n) is 3.24. The lowest BCUT2D eigenvalue weighted by Gasteiger charge is -2.28. The molecule has 0 bridgehead atoms. The molecule has 0 saturated carbocycles. The number of aryl methyl sites for hydroxylation is 1. The Morgan fingerprint density at radius 2 is 1.95 bits per heavy atom. The van der Waals surface area contributed by atoms with Crippen LogP contribution >= 0.6 is 0 Å². The second kappa shape index (κ2) is 4.67. The van der Waals surface area contributed by atoms with Crippen LogP contribution in [0, 0.1) is 6.92 Å². The van der Waals surface area contributed by atoms with Crippen molar-refractivity contribution in [2.45, 2.75) is 58.3 Å². The SMILES string of the molecule is Cc1ccc2ncnc(NC3CC(C)(C)OC3(C)C)c2c1. The van der Waals surface area contributed by atoms with Gasteiger partial charge in [-0.1, -0.05) is 11.6 Å². The molecule has 0 amide bonds. The molecule has 4 nitrogen and oxygen atoms in total. The van der Waals surface area contributed by atoms with Gasteiger partial charge in [0.15, 0.2) is 0 Å². The van der Waals surface area contributed by atoms with Crippen LogP contribution in [0.2, 0.25) is 0 Å². The van der Waals surface area contributed by atoms with Crippen molar-refractivity contribution in [3.05, 3.63) is 30.1 Å². The summed E-state index contributed by atoms with van der Waals surface area (Å²) in [5.41, 5.74) is 1.85. The Hall–Kier alpha value is -1.68. The zero-order valence-corrected chi connectivity index (χ0v) is 13.4. The van der Waals surface area contributed by atoms with E-state index in [4.69, 9.17) is 4.74 Å². The lowest BCUT2D eigenvalue weighted by atomic mass is 9.94. The van der Waals surface area contributed by atoms with Crippen molar-refractivity contribution in [3.63, 3.8) is 0 Å². The maximum absolute atomic E-state index is 6.15. The van der Waals surface area contributed by atoms with E-state index < -0.39 is 0 Å². The molecule has 3 rings (SSSR count). The molecular weight excluding hydrogens is 262 g/mol. The maximum Gasteiger partial charge on any atom is 0.137 e. The summed E-state index contributed by atoms with van der Waals surface area (Å²) < 4.78 is 6.15. The van der Waals surface area contributed by atoms with Crippen molar-refractivity contribution in [2.24, 2.45) is 0 Å². The van der Waals surface area contributed by atoms with Crippen LogP contribution in [0.1, 0.15) is 39.7 Å². The molecule has 1 aromatic heterocycles. The van der Waals surface area contributed by atoms with Gasteiger partial charge in [0, 0.05) is 5.39 Å². The summed E-state index contributed by atoms with van der Waals surface area (Å²) in [7, 11) is 0. The van der Waals surface area contributed by atoms with Crippen LogP contribution in [0.3, 0.4) is 0 Å². The normalized spacial score (nSPS) is 23.4. The van der Waals surface area contributed by atoms with Gasteiger partial charge in [-0.15, -0.1) is 0 Å². The van der Waals surface area contributed by atoms with Crippen LogP contribution in [0.4, 0.5) is 5.82 Å². The van der Waals surface area contributed by atoms with Crippen LogP contribution < -0.4 is 5.32 Å². The van der Waals surface area contributed by atoms with Crippen molar-refractivity contribution in [1.29, 1.82) is 0 Å². The molecule has 1 aromatic carbocycles. The van der Waals surface area contributed by atoms with Gasteiger partial charge in [-0.05, 0) is 53.2 Å². The highest BCUT2D eigenvalue weighted by Crippen LogP contribution is 2.39. The molecule has 0 aliphatic carbocycles. The minimum atomic E-state index is -0.218. The Bertz CT molecular complexity index is 679. The molecule has 1 fully saturated rings. The molecule has 112 valence electrons. The van der Waals surface area contributed by atoms with Gasteiger partial charge >= 0.3 is 0 Å². The molecule has 2 heterocycles. The first kappa shape index (κ1) is 14.3. The summed E-state index contributed by atoms with van der Waals surface area (Å²) >= 11 is 0. The largest absolute Gasteiger partial charge is 0.367 e. The minimum Gasteiger partial charge on any atom is -0.367 e. The first-order valence-electron chi connectivity index (χ1n) is 7.45. The van der Waals surface area contributed by atoms with Gasteiger partial charge in [0.25, 0.3) is 0 Å². The lowest BCUT2D eigenvalue weighted by molar-refractivity contribution is -0.0662. The van der Waals surface area contributed by atoms with Gasteiger partial charge in [0.1, 0.15) is 12.1 Å². The Balaban J connectivity index is 1.97. The maximum atomic E-state index is 6.15. The highest BCUT2D eigenvalue weighted by atomic mass is 16.5. The highest BCUT2D eigenvalue weighted by molar-refractivity contribution is 5.89. The van der Waals surface area contributed by atoms with E-state index in [1.54, 1.807) is 6.33 Å². The van der Waals surface area contributed by atoms with E-state index in [1.165, 1.54) is 5.56 Å². The number of nitrogens with one attached hydrogen (secondary N) is 1. The van der Waals surface area contributed by atoms with Crippen molar-refractivity contribution < 1.29 is 4.74 Å². The smallest absolute Gasteiger partial charge is 0.137 e. The van der Waals surface area contributed by atoms with Crippen molar-refractivity contribution in [2.75, 3.05) is 5.32 Å². The Labute approximate surface area is 125 Å². The number of rotatable bonds is 2. The summed E-state index contributed by atoms with van der Waals surface area (Å²) in [6.45, 7) is 10.6. The van der Waals surface area contributed by atoms with Crippen molar-refractivity contribution in [3.8, 4) is 0 Å². The third-order valence-corrected chi connectivity index (χ3v) is 4.18. The Morgan fingerprint density at radius 3 is 2.62 bits per heavy atom. The van der Waals surface area contributed by atoms with Crippen molar-refractivity contribution >= 4 is 16.7 Å². The molecule has 0 radical (unpaired) electrons. The zero-order chi connectivity index (χ0) is 15.3. The lowest BCUT2D eigenvalue weighted by Crippen LogP contribution is -2.38. The summed E-state index contributed by atoms with van der Waals surface area (Å²) in [6.07, 6.45) is 2.57. The van der Waals surface area contributed by atoms with Crippen LogP contribution in [-0.2, 0) is 4.74 Å². The molecule has 1 unspecified atom stereocenters. The van der Waals surface area contributed by atoms with Gasteiger partial charge in [0.05, 0.1) is 22.8 Å². The molecule has 1 saturated heterocycles. The van der Waals surface area contributed by atoms with E-state index >= 15 is 0 Å². The third-order valence-electron chi connectivity index (χ3n) is 4.18. The standard InChI is InChI=1S/C17H23N3O/c1-11-6-7-13-12(8-11)15(19-10-18-13)20-14-9-16(2,3)21-17(14,4)5/h6-8,10,14H,9H2,1-5H3,(H,18,19,20). The average molecular weight is 285 g/mol. The number of hydrogen-bond donors (Lipinski definition) is 1. The first-order chi connectivity index (χ1) is 9.77. The quantitative estimate of drug-likeness (QED) is 0.914.